The molecule has 0 N–H and O–H groups in total. The molecule has 0 saturated carbocycles. The Balaban J connectivity index is 2.04. The van der Waals surface area contributed by atoms with E-state index in [0.717, 1.165) is 23.3 Å². The van der Waals surface area contributed by atoms with Crippen molar-refractivity contribution < 1.29 is 0 Å². The molecule has 0 aliphatic rings. The van der Waals surface area contributed by atoms with Gasteiger partial charge in [0.1, 0.15) is 5.82 Å². The molecule has 2 nitrogen and oxygen atoms in total. The summed E-state index contributed by atoms with van der Waals surface area (Å²) in [6, 6.07) is 12.5. The van der Waals surface area contributed by atoms with Crippen molar-refractivity contribution in [1.82, 2.24) is 4.98 Å². The largest absolute Gasteiger partial charge is 0.358 e. The van der Waals surface area contributed by atoms with Gasteiger partial charge in [0.05, 0.1) is 4.47 Å². The molecule has 94 valence electrons. The van der Waals surface area contributed by atoms with Gasteiger partial charge in [-0.15, -0.1) is 0 Å². The van der Waals surface area contributed by atoms with Crippen LogP contribution in [0.5, 0.6) is 0 Å². The van der Waals surface area contributed by atoms with Crippen LogP contribution >= 0.6 is 15.9 Å². The normalized spacial score (nSPS) is 10.4. The lowest BCUT2D eigenvalue weighted by atomic mass is 10.1. The van der Waals surface area contributed by atoms with Crippen molar-refractivity contribution in [2.24, 2.45) is 0 Å². The van der Waals surface area contributed by atoms with Gasteiger partial charge in [-0.2, -0.15) is 0 Å². The molecule has 1 aromatic carbocycles. The van der Waals surface area contributed by atoms with Gasteiger partial charge >= 0.3 is 0 Å². The smallest absolute Gasteiger partial charge is 0.142 e. The molecule has 2 rings (SSSR count). The fourth-order valence-corrected chi connectivity index (χ4v) is 2.38. The lowest BCUT2D eigenvalue weighted by molar-refractivity contribution is 0.856. The number of aromatic nitrogens is 1. The standard InChI is InChI=1S/C15H17BrN2/c1-12-8-10-17-15(14(12)16)18(2)11-9-13-6-4-3-5-7-13/h3-8,10H,9,11H2,1-2H3. The summed E-state index contributed by atoms with van der Waals surface area (Å²) in [5.41, 5.74) is 2.57. The van der Waals surface area contributed by atoms with Crippen molar-refractivity contribution in [3.05, 3.63) is 58.2 Å². The number of pyridine rings is 1. The van der Waals surface area contributed by atoms with E-state index in [2.05, 4.69) is 64.1 Å². The van der Waals surface area contributed by atoms with E-state index in [9.17, 15) is 0 Å². The second-order valence-electron chi connectivity index (χ2n) is 4.42. The Morgan fingerprint density at radius 3 is 2.61 bits per heavy atom. The van der Waals surface area contributed by atoms with Gasteiger partial charge in [-0.3, -0.25) is 0 Å². The predicted molar refractivity (Wildman–Crippen MR) is 80.1 cm³/mol. The quantitative estimate of drug-likeness (QED) is 0.853. The first kappa shape index (κ1) is 13.1. The van der Waals surface area contributed by atoms with Crippen molar-refractivity contribution in [3.63, 3.8) is 0 Å². The Labute approximate surface area is 117 Å². The van der Waals surface area contributed by atoms with Crippen molar-refractivity contribution in [2.75, 3.05) is 18.5 Å². The van der Waals surface area contributed by atoms with Crippen molar-refractivity contribution in [2.45, 2.75) is 13.3 Å². The van der Waals surface area contributed by atoms with Crippen LogP contribution in [0, 0.1) is 6.92 Å². The van der Waals surface area contributed by atoms with E-state index in [1.165, 1.54) is 11.1 Å². The van der Waals surface area contributed by atoms with E-state index in [0.29, 0.717) is 0 Å². The van der Waals surface area contributed by atoms with Gasteiger partial charge in [-0.05, 0) is 46.5 Å². The Morgan fingerprint density at radius 1 is 1.17 bits per heavy atom. The van der Waals surface area contributed by atoms with Crippen LogP contribution in [-0.4, -0.2) is 18.6 Å². The molecule has 3 heteroatoms. The predicted octanol–water partition coefficient (Wildman–Crippen LogP) is 3.83. The van der Waals surface area contributed by atoms with Gasteiger partial charge < -0.3 is 4.90 Å². The highest BCUT2D eigenvalue weighted by atomic mass is 79.9. The van der Waals surface area contributed by atoms with Crippen molar-refractivity contribution in [1.29, 1.82) is 0 Å². The van der Waals surface area contributed by atoms with Crippen LogP contribution in [0.1, 0.15) is 11.1 Å². The highest BCUT2D eigenvalue weighted by molar-refractivity contribution is 9.10. The van der Waals surface area contributed by atoms with E-state index < -0.39 is 0 Å². The third-order valence-corrected chi connectivity index (χ3v) is 3.98. The van der Waals surface area contributed by atoms with Gasteiger partial charge in [-0.1, -0.05) is 30.3 Å². The van der Waals surface area contributed by atoms with Crippen LogP contribution in [0.2, 0.25) is 0 Å². The topological polar surface area (TPSA) is 16.1 Å². The maximum atomic E-state index is 4.43. The number of aryl methyl sites for hydroxylation is 1. The third-order valence-electron chi connectivity index (χ3n) is 3.00. The average molecular weight is 305 g/mol. The molecule has 0 bridgehead atoms. The molecular formula is C15H17BrN2. The number of hydrogen-bond donors (Lipinski definition) is 0. The fourth-order valence-electron chi connectivity index (χ4n) is 1.84. The Morgan fingerprint density at radius 2 is 1.89 bits per heavy atom. The molecule has 0 atom stereocenters. The van der Waals surface area contributed by atoms with E-state index in [4.69, 9.17) is 0 Å². The molecule has 1 heterocycles. The van der Waals surface area contributed by atoms with Gasteiger partial charge in [0.15, 0.2) is 0 Å². The van der Waals surface area contributed by atoms with Gasteiger partial charge in [-0.25, -0.2) is 4.98 Å². The first-order valence-corrected chi connectivity index (χ1v) is 6.84. The first-order valence-electron chi connectivity index (χ1n) is 6.04. The lowest BCUT2D eigenvalue weighted by Crippen LogP contribution is -2.22. The van der Waals surface area contributed by atoms with E-state index in [-0.39, 0.29) is 0 Å². The minimum Gasteiger partial charge on any atom is -0.358 e. The molecule has 2 aromatic rings. The molecular weight excluding hydrogens is 288 g/mol. The SMILES string of the molecule is Cc1ccnc(N(C)CCc2ccccc2)c1Br. The summed E-state index contributed by atoms with van der Waals surface area (Å²) in [6.07, 6.45) is 2.88. The second kappa shape index (κ2) is 6.01. The number of benzene rings is 1. The van der Waals surface area contributed by atoms with Crippen LogP contribution < -0.4 is 4.90 Å². The number of anilines is 1. The fraction of sp³-hybridized carbons (Fsp3) is 0.267. The van der Waals surface area contributed by atoms with Crippen LogP contribution in [-0.2, 0) is 6.42 Å². The highest BCUT2D eigenvalue weighted by Gasteiger charge is 2.08. The lowest BCUT2D eigenvalue weighted by Gasteiger charge is -2.20. The summed E-state index contributed by atoms with van der Waals surface area (Å²) < 4.78 is 1.08. The summed E-state index contributed by atoms with van der Waals surface area (Å²) >= 11 is 3.60. The molecule has 0 amide bonds. The molecule has 0 spiro atoms. The molecule has 0 fully saturated rings. The van der Waals surface area contributed by atoms with E-state index in [1.807, 2.05) is 18.3 Å². The maximum Gasteiger partial charge on any atom is 0.142 e. The van der Waals surface area contributed by atoms with Crippen molar-refractivity contribution >= 4 is 21.7 Å². The Kier molecular flexibility index (Phi) is 4.37. The third kappa shape index (κ3) is 3.10. The van der Waals surface area contributed by atoms with Gasteiger partial charge in [0, 0.05) is 19.8 Å². The molecule has 0 saturated heterocycles. The molecule has 0 radical (unpaired) electrons. The second-order valence-corrected chi connectivity index (χ2v) is 5.22. The minimum absolute atomic E-state index is 0.957. The molecule has 0 unspecified atom stereocenters. The monoisotopic (exact) mass is 304 g/mol. The van der Waals surface area contributed by atoms with E-state index >= 15 is 0 Å². The first-order chi connectivity index (χ1) is 8.68. The molecule has 1 aromatic heterocycles. The van der Waals surface area contributed by atoms with Gasteiger partial charge in [0.25, 0.3) is 0 Å². The zero-order valence-electron chi connectivity index (χ0n) is 10.7. The van der Waals surface area contributed by atoms with Crippen LogP contribution in [0.15, 0.2) is 47.1 Å². The zero-order chi connectivity index (χ0) is 13.0. The Bertz CT molecular complexity index is 511. The van der Waals surface area contributed by atoms with Crippen LogP contribution in [0.25, 0.3) is 0 Å². The van der Waals surface area contributed by atoms with Crippen LogP contribution in [0.3, 0.4) is 0 Å². The number of rotatable bonds is 4. The van der Waals surface area contributed by atoms with Gasteiger partial charge in [0.2, 0.25) is 0 Å². The van der Waals surface area contributed by atoms with Crippen LogP contribution in [0.4, 0.5) is 5.82 Å². The average Bonchev–Trinajstić information content (AvgIpc) is 2.40. The highest BCUT2D eigenvalue weighted by Crippen LogP contribution is 2.25. The molecule has 18 heavy (non-hydrogen) atoms. The molecule has 0 aliphatic carbocycles. The summed E-state index contributed by atoms with van der Waals surface area (Å²) in [5.74, 6) is 1.01. The Hall–Kier alpha value is -1.35. The number of nitrogens with zero attached hydrogens (tertiary/aromatic N) is 2. The summed E-state index contributed by atoms with van der Waals surface area (Å²) in [7, 11) is 2.08. The number of hydrogen-bond acceptors (Lipinski definition) is 2. The minimum atomic E-state index is 0.957. The number of likely N-dealkylation sites (N-methyl/N-ethyl adjacent to an activating group) is 1. The summed E-state index contributed by atoms with van der Waals surface area (Å²) in [5, 5.41) is 0. The number of halogens is 1. The maximum absolute atomic E-state index is 4.43. The zero-order valence-corrected chi connectivity index (χ0v) is 12.3. The summed E-state index contributed by atoms with van der Waals surface area (Å²) in [6.45, 7) is 3.04. The van der Waals surface area contributed by atoms with E-state index in [1.54, 1.807) is 0 Å². The molecule has 0 aliphatic heterocycles. The summed E-state index contributed by atoms with van der Waals surface area (Å²) in [4.78, 5) is 6.61. The van der Waals surface area contributed by atoms with Crippen molar-refractivity contribution in [3.8, 4) is 0 Å².